The van der Waals surface area contributed by atoms with E-state index >= 15 is 0 Å². The maximum Gasteiger partial charge on any atom is 0.153 e. The Kier molecular flexibility index (Phi) is 7.41. The maximum absolute atomic E-state index is 13.6. The number of nitrogens with zero attached hydrogens (tertiary/aromatic N) is 6. The van der Waals surface area contributed by atoms with Crippen LogP contribution in [0.5, 0.6) is 0 Å². The number of nitriles is 1. The van der Waals surface area contributed by atoms with Gasteiger partial charge in [-0.2, -0.15) is 10.4 Å². The summed E-state index contributed by atoms with van der Waals surface area (Å²) in [5, 5.41) is 14.6. The molecule has 1 aliphatic heterocycles. The molecule has 2 saturated carbocycles. The minimum absolute atomic E-state index is 0.0600. The summed E-state index contributed by atoms with van der Waals surface area (Å²) in [6.07, 6.45) is 8.69. The van der Waals surface area contributed by atoms with Gasteiger partial charge in [0.05, 0.1) is 23.4 Å². The number of Topliss-reactive ketones (excluding diaryl/α,β-unsaturated/α-hetero) is 1. The lowest BCUT2D eigenvalue weighted by molar-refractivity contribution is -0.125. The van der Waals surface area contributed by atoms with E-state index in [9.17, 15) is 18.7 Å². The van der Waals surface area contributed by atoms with E-state index in [1.165, 1.54) is 12.3 Å². The normalized spacial score (nSPS) is 23.0. The molecule has 0 spiro atoms. The maximum atomic E-state index is 13.6. The third-order valence-corrected chi connectivity index (χ3v) is 11.4. The van der Waals surface area contributed by atoms with Crippen molar-refractivity contribution in [2.24, 2.45) is 15.7 Å². The molecule has 8 nitrogen and oxygen atoms in total. The van der Waals surface area contributed by atoms with Gasteiger partial charge in [0.2, 0.25) is 0 Å². The van der Waals surface area contributed by atoms with E-state index in [2.05, 4.69) is 44.6 Å². The van der Waals surface area contributed by atoms with Crippen LogP contribution >= 0.6 is 0 Å². The van der Waals surface area contributed by atoms with Gasteiger partial charge in [-0.1, -0.05) is 25.0 Å². The summed E-state index contributed by atoms with van der Waals surface area (Å²) < 4.78 is 32.0. The first-order chi connectivity index (χ1) is 19.8. The van der Waals surface area contributed by atoms with Crippen molar-refractivity contribution in [2.45, 2.75) is 50.9 Å². The predicted octanol–water partition coefficient (Wildman–Crippen LogP) is 5.53. The number of aromatic nitrogens is 3. The second-order valence-corrected chi connectivity index (χ2v) is 14.4. The average Bonchev–Trinajstić information content (AvgIpc) is 3.64. The van der Waals surface area contributed by atoms with Gasteiger partial charge in [-0.25, -0.2) is 22.6 Å². The molecular formula is C31H35FN6O2S. The van der Waals surface area contributed by atoms with Crippen molar-refractivity contribution < 1.29 is 13.4 Å². The van der Waals surface area contributed by atoms with Crippen LogP contribution in [0.3, 0.4) is 0 Å². The van der Waals surface area contributed by atoms with Crippen molar-refractivity contribution in [1.29, 1.82) is 5.26 Å². The number of benzene rings is 1. The SMILES string of the molecule is CN=S1(=O)CCN(c2ccc(-c3cn(-c4ccc(F)cn4)nc3[C@@H]3CCCC[C@H]3C(=O)CC3(C#N)CC3)cc2)CC1. The second-order valence-electron chi connectivity index (χ2n) is 11.6. The van der Waals surface area contributed by atoms with Crippen LogP contribution < -0.4 is 4.90 Å². The van der Waals surface area contributed by atoms with Crippen LogP contribution in [0.15, 0.2) is 53.2 Å². The zero-order valence-electron chi connectivity index (χ0n) is 23.3. The number of halogens is 1. The quantitative estimate of drug-likeness (QED) is 0.368. The molecule has 3 heterocycles. The third kappa shape index (κ3) is 5.65. The fourth-order valence-electron chi connectivity index (χ4n) is 6.30. The average molecular weight is 575 g/mol. The molecule has 3 aliphatic rings. The first-order valence-corrected chi connectivity index (χ1v) is 16.3. The van der Waals surface area contributed by atoms with E-state index in [4.69, 9.17) is 5.10 Å². The highest BCUT2D eigenvalue weighted by Crippen LogP contribution is 2.51. The Balaban J connectivity index is 1.33. The molecule has 0 unspecified atom stereocenters. The van der Waals surface area contributed by atoms with E-state index in [0.717, 1.165) is 61.0 Å². The number of hydrogen-bond donors (Lipinski definition) is 0. The van der Waals surface area contributed by atoms with E-state index in [1.807, 2.05) is 6.20 Å². The molecule has 0 N–H and O–H groups in total. The number of hydrogen-bond acceptors (Lipinski definition) is 7. The Labute approximate surface area is 240 Å². The first kappa shape index (κ1) is 27.6. The Bertz CT molecular complexity index is 1580. The van der Waals surface area contributed by atoms with E-state index in [-0.39, 0.29) is 17.6 Å². The molecule has 3 aromatic rings. The Morgan fingerprint density at radius 1 is 1.15 bits per heavy atom. The number of ketones is 1. The Morgan fingerprint density at radius 2 is 1.88 bits per heavy atom. The van der Waals surface area contributed by atoms with Crippen molar-refractivity contribution in [3.05, 3.63) is 60.3 Å². The molecule has 10 heteroatoms. The fraction of sp³-hybridized carbons (Fsp3) is 0.484. The molecule has 0 radical (unpaired) electrons. The summed E-state index contributed by atoms with van der Waals surface area (Å²) in [5.41, 5.74) is 3.36. The van der Waals surface area contributed by atoms with E-state index in [1.54, 1.807) is 17.8 Å². The molecule has 0 bridgehead atoms. The van der Waals surface area contributed by atoms with Crippen molar-refractivity contribution in [3.63, 3.8) is 0 Å². The highest BCUT2D eigenvalue weighted by atomic mass is 32.2. The molecule has 1 saturated heterocycles. The lowest BCUT2D eigenvalue weighted by Gasteiger charge is -2.31. The van der Waals surface area contributed by atoms with Gasteiger partial charge in [0, 0.05) is 77.1 Å². The molecule has 2 aromatic heterocycles. The van der Waals surface area contributed by atoms with Crippen LogP contribution in [0.2, 0.25) is 0 Å². The van der Waals surface area contributed by atoms with Gasteiger partial charge in [0.25, 0.3) is 0 Å². The summed E-state index contributed by atoms with van der Waals surface area (Å²) >= 11 is 0. The summed E-state index contributed by atoms with van der Waals surface area (Å²) in [6.45, 7) is 1.40. The molecule has 1 aromatic carbocycles. The molecule has 0 amide bonds. The second kappa shape index (κ2) is 11.0. The van der Waals surface area contributed by atoms with Gasteiger partial charge in [-0.3, -0.25) is 4.79 Å². The van der Waals surface area contributed by atoms with Crippen LogP contribution in [0.4, 0.5) is 10.1 Å². The molecule has 3 fully saturated rings. The van der Waals surface area contributed by atoms with E-state index < -0.39 is 21.0 Å². The van der Waals surface area contributed by atoms with Crippen molar-refractivity contribution in [1.82, 2.24) is 14.8 Å². The molecule has 41 heavy (non-hydrogen) atoms. The van der Waals surface area contributed by atoms with Crippen molar-refractivity contribution >= 4 is 21.2 Å². The fourth-order valence-corrected chi connectivity index (χ4v) is 7.88. The highest BCUT2D eigenvalue weighted by Gasteiger charge is 2.47. The van der Waals surface area contributed by atoms with Crippen LogP contribution in [0.1, 0.15) is 56.6 Å². The zero-order chi connectivity index (χ0) is 28.6. The van der Waals surface area contributed by atoms with Gasteiger partial charge in [0.15, 0.2) is 5.82 Å². The van der Waals surface area contributed by atoms with Gasteiger partial charge in [-0.15, -0.1) is 0 Å². The molecular weight excluding hydrogens is 539 g/mol. The summed E-state index contributed by atoms with van der Waals surface area (Å²) in [5.74, 6) is 1.16. The summed E-state index contributed by atoms with van der Waals surface area (Å²) in [4.78, 5) is 20.1. The van der Waals surface area contributed by atoms with Gasteiger partial charge >= 0.3 is 0 Å². The molecule has 6 rings (SSSR count). The van der Waals surface area contributed by atoms with Crippen LogP contribution in [-0.2, 0) is 14.5 Å². The van der Waals surface area contributed by atoms with E-state index in [0.29, 0.717) is 36.8 Å². The molecule has 2 aliphatic carbocycles. The topological polar surface area (TPSA) is 104 Å². The lowest BCUT2D eigenvalue weighted by atomic mass is 9.72. The number of pyridine rings is 1. The van der Waals surface area contributed by atoms with Crippen LogP contribution in [-0.4, -0.2) is 56.4 Å². The van der Waals surface area contributed by atoms with Crippen molar-refractivity contribution in [3.8, 4) is 23.0 Å². The predicted molar refractivity (Wildman–Crippen MR) is 157 cm³/mol. The first-order valence-electron chi connectivity index (χ1n) is 14.4. The monoisotopic (exact) mass is 574 g/mol. The minimum Gasteiger partial charge on any atom is -0.370 e. The van der Waals surface area contributed by atoms with Gasteiger partial charge in [-0.05, 0) is 55.5 Å². The summed E-state index contributed by atoms with van der Waals surface area (Å²) in [6, 6.07) is 13.6. The molecule has 214 valence electrons. The Morgan fingerprint density at radius 3 is 2.51 bits per heavy atom. The standard InChI is InChI=1S/C31H35FN6O2S/c1-34-41(40)16-14-37(15-17-41)24-9-6-22(7-10-24)27-20-38(29-11-8-23(32)19-35-29)36-30(27)26-5-3-2-4-25(26)28(39)18-31(21-33)12-13-31/h6-11,19-20,25-26H,2-5,12-18H2,1H3/t25-,26-/m1/s1. The van der Waals surface area contributed by atoms with Crippen LogP contribution in [0, 0.1) is 28.5 Å². The Hall–Kier alpha value is -3.58. The number of carbonyl (C=O) groups excluding carboxylic acids is 1. The van der Waals surface area contributed by atoms with Gasteiger partial charge in [0.1, 0.15) is 11.6 Å². The van der Waals surface area contributed by atoms with Gasteiger partial charge < -0.3 is 4.90 Å². The molecule has 2 atom stereocenters. The largest absolute Gasteiger partial charge is 0.370 e. The third-order valence-electron chi connectivity index (χ3n) is 9.06. The number of rotatable bonds is 7. The smallest absolute Gasteiger partial charge is 0.153 e. The summed E-state index contributed by atoms with van der Waals surface area (Å²) in [7, 11) is -0.446. The van der Waals surface area contributed by atoms with Crippen molar-refractivity contribution in [2.75, 3.05) is 36.5 Å². The highest BCUT2D eigenvalue weighted by molar-refractivity contribution is 7.93. The zero-order valence-corrected chi connectivity index (χ0v) is 24.2. The minimum atomic E-state index is -2.09. The lowest BCUT2D eigenvalue weighted by Crippen LogP contribution is -2.40. The number of carbonyl (C=O) groups is 1. The number of anilines is 1. The van der Waals surface area contributed by atoms with Crippen LogP contribution in [0.25, 0.3) is 16.9 Å².